The molecular weight excluding hydrogens is 312 g/mol. The summed E-state index contributed by atoms with van der Waals surface area (Å²) < 4.78 is 0. The van der Waals surface area contributed by atoms with Crippen molar-refractivity contribution in [3.63, 3.8) is 0 Å². The van der Waals surface area contributed by atoms with Gasteiger partial charge in [-0.2, -0.15) is 9.98 Å². The molecule has 1 aliphatic rings. The van der Waals surface area contributed by atoms with Crippen LogP contribution in [0.5, 0.6) is 0 Å². The molecule has 0 aromatic heterocycles. The van der Waals surface area contributed by atoms with Crippen LogP contribution in [0.2, 0.25) is 0 Å². The molecular formula is C17H14N2OS2. The number of Topliss-reactive ketones (excluding diaryl/α,β-unsaturated/α-hetero) is 1. The number of thiocarbonyl (C=S) groups is 2. The van der Waals surface area contributed by atoms with Crippen LogP contribution in [0, 0.1) is 5.41 Å². The molecule has 0 N–H and O–H groups in total. The van der Waals surface area contributed by atoms with Crippen LogP contribution in [0.3, 0.4) is 0 Å². The summed E-state index contributed by atoms with van der Waals surface area (Å²) in [5.74, 6) is 0.00703. The Labute approximate surface area is 140 Å². The largest absolute Gasteiger partial charge is 0.289 e. The van der Waals surface area contributed by atoms with Crippen LogP contribution >= 0.6 is 24.4 Å². The van der Waals surface area contributed by atoms with Gasteiger partial charge in [0.25, 0.3) is 0 Å². The Kier molecular flexibility index (Phi) is 5.07. The van der Waals surface area contributed by atoms with E-state index in [1.54, 1.807) is 24.3 Å². The fourth-order valence-electron chi connectivity index (χ4n) is 2.35. The highest BCUT2D eigenvalue weighted by atomic mass is 32.1. The van der Waals surface area contributed by atoms with Gasteiger partial charge in [0.2, 0.25) is 0 Å². The first-order valence-corrected chi connectivity index (χ1v) is 7.51. The SMILES string of the molecule is CC1(C)CC(C(=O)c2ccc(N=C=S)cc2)=CC=C1N=C=S. The van der Waals surface area contributed by atoms with E-state index >= 15 is 0 Å². The molecule has 22 heavy (non-hydrogen) atoms. The first kappa shape index (κ1) is 16.3. The highest BCUT2D eigenvalue weighted by Gasteiger charge is 2.30. The zero-order valence-electron chi connectivity index (χ0n) is 12.3. The van der Waals surface area contributed by atoms with Crippen molar-refractivity contribution in [2.24, 2.45) is 15.4 Å². The van der Waals surface area contributed by atoms with E-state index in [1.165, 1.54) is 0 Å². The summed E-state index contributed by atoms with van der Waals surface area (Å²) >= 11 is 9.22. The second-order valence-electron chi connectivity index (χ2n) is 5.59. The van der Waals surface area contributed by atoms with Gasteiger partial charge in [0.1, 0.15) is 0 Å². The third-order valence-electron chi connectivity index (χ3n) is 3.53. The third kappa shape index (κ3) is 3.59. The highest BCUT2D eigenvalue weighted by Crippen LogP contribution is 2.38. The number of hydrogen-bond acceptors (Lipinski definition) is 5. The number of benzene rings is 1. The summed E-state index contributed by atoms with van der Waals surface area (Å²) in [5.41, 5.74) is 2.65. The molecule has 0 bridgehead atoms. The molecule has 0 aliphatic heterocycles. The van der Waals surface area contributed by atoms with Crippen LogP contribution < -0.4 is 0 Å². The lowest BCUT2D eigenvalue weighted by Crippen LogP contribution is -2.20. The maximum Gasteiger partial charge on any atom is 0.189 e. The van der Waals surface area contributed by atoms with Gasteiger partial charge in [-0.05, 0) is 61.2 Å². The number of nitrogens with zero attached hydrogens (tertiary/aromatic N) is 2. The van der Waals surface area contributed by atoms with E-state index < -0.39 is 0 Å². The van der Waals surface area contributed by atoms with Gasteiger partial charge in [0, 0.05) is 16.6 Å². The lowest BCUT2D eigenvalue weighted by Gasteiger charge is -2.28. The van der Waals surface area contributed by atoms with Gasteiger partial charge in [-0.1, -0.05) is 19.9 Å². The molecule has 1 aromatic carbocycles. The molecule has 110 valence electrons. The molecule has 0 spiro atoms. The second kappa shape index (κ2) is 6.82. The van der Waals surface area contributed by atoms with Gasteiger partial charge in [0.05, 0.1) is 21.7 Å². The zero-order valence-corrected chi connectivity index (χ0v) is 13.9. The van der Waals surface area contributed by atoms with Gasteiger partial charge < -0.3 is 0 Å². The van der Waals surface area contributed by atoms with Crippen molar-refractivity contribution < 1.29 is 4.79 Å². The van der Waals surface area contributed by atoms with E-state index in [0.717, 1.165) is 11.3 Å². The molecule has 3 nitrogen and oxygen atoms in total. The first-order chi connectivity index (χ1) is 10.5. The van der Waals surface area contributed by atoms with Crippen molar-refractivity contribution >= 4 is 46.2 Å². The van der Waals surface area contributed by atoms with Crippen LogP contribution in [0.15, 0.2) is 57.7 Å². The molecule has 0 heterocycles. The van der Waals surface area contributed by atoms with Crippen molar-refractivity contribution in [1.29, 1.82) is 0 Å². The fourth-order valence-corrected chi connectivity index (χ4v) is 2.55. The van der Waals surface area contributed by atoms with E-state index in [4.69, 9.17) is 0 Å². The number of hydrogen-bond donors (Lipinski definition) is 0. The summed E-state index contributed by atoms with van der Waals surface area (Å²) in [4.78, 5) is 20.5. The molecule has 0 saturated carbocycles. The van der Waals surface area contributed by atoms with Gasteiger partial charge >= 0.3 is 0 Å². The summed E-state index contributed by atoms with van der Waals surface area (Å²) in [5, 5.41) is 4.69. The number of ketones is 1. The van der Waals surface area contributed by atoms with Crippen LogP contribution in [0.4, 0.5) is 5.69 Å². The van der Waals surface area contributed by atoms with E-state index in [2.05, 4.69) is 44.7 Å². The topological polar surface area (TPSA) is 41.8 Å². The summed E-state index contributed by atoms with van der Waals surface area (Å²) in [6.07, 6.45) is 4.25. The Bertz CT molecular complexity index is 760. The molecule has 0 unspecified atom stereocenters. The molecule has 2 rings (SSSR count). The molecule has 5 heteroatoms. The maximum absolute atomic E-state index is 12.6. The molecule has 0 saturated heterocycles. The molecule has 0 amide bonds. The van der Waals surface area contributed by atoms with E-state index in [1.807, 2.05) is 26.0 Å². The van der Waals surface area contributed by atoms with Crippen LogP contribution in [0.25, 0.3) is 0 Å². The first-order valence-electron chi connectivity index (χ1n) is 6.70. The summed E-state index contributed by atoms with van der Waals surface area (Å²) in [7, 11) is 0. The highest BCUT2D eigenvalue weighted by molar-refractivity contribution is 7.78. The molecule has 0 radical (unpaired) electrons. The smallest absolute Gasteiger partial charge is 0.189 e. The number of allylic oxidation sites excluding steroid dienone is 4. The van der Waals surface area contributed by atoms with Gasteiger partial charge in [-0.25, -0.2) is 0 Å². The van der Waals surface area contributed by atoms with Crippen molar-refractivity contribution in [2.75, 3.05) is 0 Å². The number of aliphatic imine (C=N–C) groups is 2. The standard InChI is InChI=1S/C17H14N2OS2/c1-17(2)9-13(5-8-15(17)19-11-22)16(20)12-3-6-14(7-4-12)18-10-21/h3-8H,9H2,1-2H3. The predicted molar refractivity (Wildman–Crippen MR) is 95.0 cm³/mol. The fraction of sp³-hybridized carbons (Fsp3) is 0.235. The number of carbonyl (C=O) groups is 1. The average molecular weight is 326 g/mol. The van der Waals surface area contributed by atoms with E-state index in [-0.39, 0.29) is 11.2 Å². The van der Waals surface area contributed by atoms with Crippen molar-refractivity contribution in [3.8, 4) is 0 Å². The Hall–Kier alpha value is -2.03. The van der Waals surface area contributed by atoms with Crippen LogP contribution in [-0.4, -0.2) is 16.1 Å². The van der Waals surface area contributed by atoms with Crippen molar-refractivity contribution in [2.45, 2.75) is 20.3 Å². The van der Waals surface area contributed by atoms with Gasteiger partial charge in [0.15, 0.2) is 5.78 Å². The van der Waals surface area contributed by atoms with Crippen molar-refractivity contribution in [3.05, 3.63) is 53.3 Å². The number of isothiocyanates is 2. The lowest BCUT2D eigenvalue weighted by atomic mass is 9.77. The molecule has 1 aliphatic carbocycles. The Morgan fingerprint density at radius 1 is 1.09 bits per heavy atom. The van der Waals surface area contributed by atoms with Gasteiger partial charge in [-0.15, -0.1) is 0 Å². The quantitative estimate of drug-likeness (QED) is 0.447. The Morgan fingerprint density at radius 2 is 1.73 bits per heavy atom. The molecule has 0 atom stereocenters. The minimum absolute atomic E-state index is 0.00703. The number of rotatable bonds is 4. The van der Waals surface area contributed by atoms with Crippen LogP contribution in [-0.2, 0) is 0 Å². The minimum atomic E-state index is -0.243. The van der Waals surface area contributed by atoms with Crippen LogP contribution in [0.1, 0.15) is 30.6 Å². The zero-order chi connectivity index (χ0) is 16.2. The average Bonchev–Trinajstić information content (AvgIpc) is 2.49. The number of carbonyl (C=O) groups excluding carboxylic acids is 1. The van der Waals surface area contributed by atoms with Crippen molar-refractivity contribution in [1.82, 2.24) is 0 Å². The molecule has 0 fully saturated rings. The minimum Gasteiger partial charge on any atom is -0.289 e. The predicted octanol–water partition coefficient (Wildman–Crippen LogP) is 4.95. The normalized spacial score (nSPS) is 15.7. The van der Waals surface area contributed by atoms with E-state index in [0.29, 0.717) is 17.7 Å². The summed E-state index contributed by atoms with van der Waals surface area (Å²) in [6, 6.07) is 6.99. The Morgan fingerprint density at radius 3 is 2.27 bits per heavy atom. The monoisotopic (exact) mass is 326 g/mol. The Balaban J connectivity index is 2.30. The second-order valence-corrected chi connectivity index (χ2v) is 5.95. The van der Waals surface area contributed by atoms with E-state index in [9.17, 15) is 4.79 Å². The van der Waals surface area contributed by atoms with Gasteiger partial charge in [-0.3, -0.25) is 4.79 Å². The maximum atomic E-state index is 12.6. The third-order valence-corrected chi connectivity index (χ3v) is 3.71. The lowest BCUT2D eigenvalue weighted by molar-refractivity contribution is 0.102. The molecule has 1 aromatic rings. The summed E-state index contributed by atoms with van der Waals surface area (Å²) in [6.45, 7) is 4.07.